The quantitative estimate of drug-likeness (QED) is 0.713. The fraction of sp³-hybridized carbons (Fsp3) is 0.333. The van der Waals surface area contributed by atoms with Gasteiger partial charge in [0.1, 0.15) is 4.83 Å². The normalized spacial score (nSPS) is 15.0. The zero-order valence-electron chi connectivity index (χ0n) is 16.0. The minimum absolute atomic E-state index is 0.150. The zero-order chi connectivity index (χ0) is 20.5. The van der Waals surface area contributed by atoms with Gasteiger partial charge in [-0.3, -0.25) is 19.0 Å². The van der Waals surface area contributed by atoms with Gasteiger partial charge in [-0.1, -0.05) is 30.3 Å². The van der Waals surface area contributed by atoms with Crippen molar-refractivity contribution < 1.29 is 14.7 Å². The lowest BCUT2D eigenvalue weighted by Crippen LogP contribution is -2.40. The van der Waals surface area contributed by atoms with Gasteiger partial charge in [0.2, 0.25) is 0 Å². The van der Waals surface area contributed by atoms with E-state index in [1.54, 1.807) is 16.4 Å². The van der Waals surface area contributed by atoms with Gasteiger partial charge in [0, 0.05) is 13.1 Å². The Balaban J connectivity index is 1.62. The molecule has 0 spiro atoms. The molecule has 0 atom stereocenters. The molecule has 0 saturated carbocycles. The second-order valence-corrected chi connectivity index (χ2v) is 8.30. The Kier molecular flexibility index (Phi) is 5.19. The largest absolute Gasteiger partial charge is 0.481 e. The number of carboxylic acid groups (broad SMARTS) is 1. The minimum Gasteiger partial charge on any atom is -0.481 e. The van der Waals surface area contributed by atoms with Crippen molar-refractivity contribution in [2.75, 3.05) is 13.1 Å². The first kappa shape index (κ1) is 19.3. The van der Waals surface area contributed by atoms with Crippen molar-refractivity contribution >= 4 is 33.4 Å². The standard InChI is InChI=1S/C21H21N3O4S/c1-13-16-18(22-12-24(19(16)25)11-14-5-3-2-4-6-14)29-17(13)20(26)23-9-7-15(8-10-23)21(27)28/h2-6,12,15H,7-11H2,1H3,(H,27,28). The highest BCUT2D eigenvalue weighted by molar-refractivity contribution is 7.20. The summed E-state index contributed by atoms with van der Waals surface area (Å²) in [6.07, 6.45) is 2.43. The molecule has 1 fully saturated rings. The van der Waals surface area contributed by atoms with Crippen molar-refractivity contribution in [1.82, 2.24) is 14.5 Å². The molecular formula is C21H21N3O4S. The lowest BCUT2D eigenvalue weighted by Gasteiger charge is -2.29. The Morgan fingerprint density at radius 3 is 2.55 bits per heavy atom. The number of aliphatic carboxylic acids is 1. The molecule has 0 unspecified atom stereocenters. The number of piperidine rings is 1. The molecule has 7 nitrogen and oxygen atoms in total. The molecule has 0 radical (unpaired) electrons. The molecule has 1 amide bonds. The first-order chi connectivity index (χ1) is 14.0. The highest BCUT2D eigenvalue weighted by Gasteiger charge is 2.29. The topological polar surface area (TPSA) is 92.5 Å². The third-order valence-corrected chi connectivity index (χ3v) is 6.63. The van der Waals surface area contributed by atoms with E-state index >= 15 is 0 Å². The Bertz CT molecular complexity index is 1130. The zero-order valence-corrected chi connectivity index (χ0v) is 16.8. The number of amides is 1. The van der Waals surface area contributed by atoms with E-state index in [0.717, 1.165) is 5.56 Å². The lowest BCUT2D eigenvalue weighted by atomic mass is 9.97. The van der Waals surface area contributed by atoms with E-state index in [1.165, 1.54) is 17.7 Å². The SMILES string of the molecule is Cc1c(C(=O)N2CCC(C(=O)O)CC2)sc2ncn(Cc3ccccc3)c(=O)c12. The van der Waals surface area contributed by atoms with Gasteiger partial charge in [-0.15, -0.1) is 11.3 Å². The number of rotatable bonds is 4. The Hall–Kier alpha value is -3.00. The van der Waals surface area contributed by atoms with Crippen LogP contribution in [0.5, 0.6) is 0 Å². The summed E-state index contributed by atoms with van der Waals surface area (Å²) in [6.45, 7) is 3.03. The van der Waals surface area contributed by atoms with Crippen LogP contribution in [0.15, 0.2) is 41.5 Å². The van der Waals surface area contributed by atoms with Crippen molar-refractivity contribution in [3.63, 3.8) is 0 Å². The molecule has 8 heteroatoms. The van der Waals surface area contributed by atoms with Crippen molar-refractivity contribution in [2.45, 2.75) is 26.3 Å². The number of aryl methyl sites for hydroxylation is 1. The second kappa shape index (κ2) is 7.79. The maximum absolute atomic E-state index is 13.0. The number of fused-ring (bicyclic) bond motifs is 1. The number of carboxylic acids is 1. The summed E-state index contributed by atoms with van der Waals surface area (Å²) < 4.78 is 1.56. The van der Waals surface area contributed by atoms with Gasteiger partial charge in [-0.05, 0) is 30.9 Å². The van der Waals surface area contributed by atoms with Crippen LogP contribution in [0.25, 0.3) is 10.2 Å². The van der Waals surface area contributed by atoms with Gasteiger partial charge in [0.15, 0.2) is 0 Å². The summed E-state index contributed by atoms with van der Waals surface area (Å²) in [5, 5.41) is 9.62. The number of nitrogens with zero attached hydrogens (tertiary/aromatic N) is 3. The van der Waals surface area contributed by atoms with Crippen LogP contribution in [0.3, 0.4) is 0 Å². The average molecular weight is 411 g/mol. The van der Waals surface area contributed by atoms with Crippen LogP contribution >= 0.6 is 11.3 Å². The van der Waals surface area contributed by atoms with Gasteiger partial charge in [-0.2, -0.15) is 0 Å². The fourth-order valence-corrected chi connectivity index (χ4v) is 4.84. The summed E-state index contributed by atoms with van der Waals surface area (Å²) in [5.41, 5.74) is 1.49. The predicted molar refractivity (Wildman–Crippen MR) is 110 cm³/mol. The molecule has 29 heavy (non-hydrogen) atoms. The van der Waals surface area contributed by atoms with E-state index in [2.05, 4.69) is 4.98 Å². The van der Waals surface area contributed by atoms with Gasteiger partial charge in [-0.25, -0.2) is 4.98 Å². The molecule has 1 aliphatic heterocycles. The monoisotopic (exact) mass is 411 g/mol. The summed E-state index contributed by atoms with van der Waals surface area (Å²) in [5.74, 6) is -1.35. The first-order valence-corrected chi connectivity index (χ1v) is 10.3. The van der Waals surface area contributed by atoms with Crippen LogP contribution in [-0.2, 0) is 11.3 Å². The molecule has 3 aromatic rings. The van der Waals surface area contributed by atoms with Crippen LogP contribution < -0.4 is 5.56 Å². The van der Waals surface area contributed by atoms with Crippen molar-refractivity contribution in [1.29, 1.82) is 0 Å². The maximum Gasteiger partial charge on any atom is 0.306 e. The number of carbonyl (C=O) groups is 2. The minimum atomic E-state index is -0.807. The highest BCUT2D eigenvalue weighted by atomic mass is 32.1. The second-order valence-electron chi connectivity index (χ2n) is 7.30. The molecule has 1 aliphatic rings. The van der Waals surface area contributed by atoms with E-state index in [4.69, 9.17) is 5.11 Å². The number of thiophene rings is 1. The summed E-state index contributed by atoms with van der Waals surface area (Å²) in [6, 6.07) is 9.67. The van der Waals surface area contributed by atoms with Gasteiger partial charge < -0.3 is 10.0 Å². The molecule has 1 aromatic carbocycles. The average Bonchev–Trinajstić information content (AvgIpc) is 3.07. The molecule has 150 valence electrons. The Morgan fingerprint density at radius 1 is 1.21 bits per heavy atom. The smallest absolute Gasteiger partial charge is 0.306 e. The molecule has 1 saturated heterocycles. The van der Waals surface area contributed by atoms with Gasteiger partial charge >= 0.3 is 5.97 Å². The molecule has 3 heterocycles. The van der Waals surface area contributed by atoms with Crippen molar-refractivity contribution in [3.8, 4) is 0 Å². The first-order valence-electron chi connectivity index (χ1n) is 9.50. The highest BCUT2D eigenvalue weighted by Crippen LogP contribution is 2.29. The molecule has 0 aliphatic carbocycles. The molecule has 0 bridgehead atoms. The van der Waals surface area contributed by atoms with Crippen LogP contribution in [0.4, 0.5) is 0 Å². The van der Waals surface area contributed by atoms with Crippen LogP contribution in [0.1, 0.15) is 33.6 Å². The summed E-state index contributed by atoms with van der Waals surface area (Å²) in [4.78, 5) is 44.3. The van der Waals surface area contributed by atoms with Crippen molar-refractivity contribution in [3.05, 3.63) is 63.0 Å². The van der Waals surface area contributed by atoms with Crippen LogP contribution in [0.2, 0.25) is 0 Å². The van der Waals surface area contributed by atoms with E-state index in [9.17, 15) is 14.4 Å². The van der Waals surface area contributed by atoms with E-state index in [-0.39, 0.29) is 11.5 Å². The molecule has 2 aromatic heterocycles. The maximum atomic E-state index is 13.0. The number of aromatic nitrogens is 2. The lowest BCUT2D eigenvalue weighted by molar-refractivity contribution is -0.143. The number of likely N-dealkylation sites (tertiary alicyclic amines) is 1. The Labute approximate surface area is 171 Å². The third-order valence-electron chi connectivity index (χ3n) is 5.44. The van der Waals surface area contributed by atoms with Crippen LogP contribution in [0, 0.1) is 12.8 Å². The molecule has 1 N–H and O–H groups in total. The number of carbonyl (C=O) groups excluding carboxylic acids is 1. The molecular weight excluding hydrogens is 390 g/mol. The van der Waals surface area contributed by atoms with E-state index in [0.29, 0.717) is 53.1 Å². The molecule has 4 rings (SSSR count). The Morgan fingerprint density at radius 2 is 1.90 bits per heavy atom. The number of benzene rings is 1. The van der Waals surface area contributed by atoms with Crippen molar-refractivity contribution in [2.24, 2.45) is 5.92 Å². The fourth-order valence-electron chi connectivity index (χ4n) is 3.73. The summed E-state index contributed by atoms with van der Waals surface area (Å²) >= 11 is 1.23. The van der Waals surface area contributed by atoms with E-state index < -0.39 is 11.9 Å². The van der Waals surface area contributed by atoms with E-state index in [1.807, 2.05) is 30.3 Å². The van der Waals surface area contributed by atoms with Gasteiger partial charge in [0.25, 0.3) is 11.5 Å². The summed E-state index contributed by atoms with van der Waals surface area (Å²) in [7, 11) is 0. The number of hydrogen-bond donors (Lipinski definition) is 1. The predicted octanol–water partition coefficient (Wildman–Crippen LogP) is 2.75. The van der Waals surface area contributed by atoms with Crippen LogP contribution in [-0.4, -0.2) is 44.5 Å². The van der Waals surface area contributed by atoms with Gasteiger partial charge in [0.05, 0.1) is 29.1 Å². The third kappa shape index (κ3) is 3.67. The number of hydrogen-bond acceptors (Lipinski definition) is 5.